The van der Waals surface area contributed by atoms with Crippen LogP contribution in [0.5, 0.6) is 0 Å². The summed E-state index contributed by atoms with van der Waals surface area (Å²) in [6.45, 7) is 5.33. The average Bonchev–Trinajstić information content (AvgIpc) is 2.97. The average molecular weight is 254 g/mol. The molecule has 1 N–H and O–H groups in total. The van der Waals surface area contributed by atoms with Crippen LogP contribution in [0.25, 0.3) is 0 Å². The number of likely N-dealkylation sites (tertiary alicyclic amines) is 1. The highest BCUT2D eigenvalue weighted by Crippen LogP contribution is 2.31. The van der Waals surface area contributed by atoms with Gasteiger partial charge in [0.05, 0.1) is 0 Å². The third-order valence-electron chi connectivity index (χ3n) is 3.80. The molecule has 1 saturated carbocycles. The van der Waals surface area contributed by atoms with Gasteiger partial charge in [0.15, 0.2) is 0 Å². The molecule has 1 aliphatic carbocycles. The zero-order valence-corrected chi connectivity index (χ0v) is 11.1. The maximum Gasteiger partial charge on any atom is 0.326 e. The fourth-order valence-electron chi connectivity index (χ4n) is 2.51. The highest BCUT2D eigenvalue weighted by atomic mass is 16.4. The maximum absolute atomic E-state index is 12.5. The quantitative estimate of drug-likeness (QED) is 0.831. The van der Waals surface area contributed by atoms with E-state index in [1.165, 1.54) is 17.7 Å². The van der Waals surface area contributed by atoms with Crippen molar-refractivity contribution in [2.45, 2.75) is 51.6 Å². The van der Waals surface area contributed by atoms with Crippen LogP contribution in [0, 0.1) is 5.92 Å². The zero-order valence-electron chi connectivity index (χ0n) is 11.1. The molecule has 2 rings (SSSR count). The van der Waals surface area contributed by atoms with Gasteiger partial charge in [-0.05, 0) is 45.4 Å². The van der Waals surface area contributed by atoms with E-state index in [1.54, 1.807) is 0 Å². The van der Waals surface area contributed by atoms with E-state index >= 15 is 0 Å². The van der Waals surface area contributed by atoms with E-state index < -0.39 is 12.0 Å². The van der Waals surface area contributed by atoms with Crippen LogP contribution in [0.1, 0.15) is 39.5 Å². The molecule has 1 heterocycles. The van der Waals surface area contributed by atoms with Gasteiger partial charge in [0, 0.05) is 19.1 Å². The first kappa shape index (κ1) is 13.2. The molecule has 0 aromatic carbocycles. The first-order valence-electron chi connectivity index (χ1n) is 6.80. The maximum atomic E-state index is 12.5. The van der Waals surface area contributed by atoms with E-state index in [0.29, 0.717) is 18.9 Å². The normalized spacial score (nSPS) is 23.5. The largest absolute Gasteiger partial charge is 0.480 e. The van der Waals surface area contributed by atoms with Crippen LogP contribution >= 0.6 is 0 Å². The lowest BCUT2D eigenvalue weighted by molar-refractivity contribution is -0.141. The van der Waals surface area contributed by atoms with Gasteiger partial charge >= 0.3 is 12.0 Å². The van der Waals surface area contributed by atoms with Crippen molar-refractivity contribution >= 4 is 12.0 Å². The van der Waals surface area contributed by atoms with Crippen molar-refractivity contribution in [2.24, 2.45) is 5.92 Å². The van der Waals surface area contributed by atoms with Gasteiger partial charge in [0.2, 0.25) is 0 Å². The smallest absolute Gasteiger partial charge is 0.326 e. The lowest BCUT2D eigenvalue weighted by atomic mass is 10.2. The molecule has 102 valence electrons. The molecule has 2 fully saturated rings. The van der Waals surface area contributed by atoms with Gasteiger partial charge in [-0.3, -0.25) is 0 Å². The number of hydrogen-bond donors (Lipinski definition) is 1. The number of carboxylic acids is 1. The number of nitrogens with zero attached hydrogens (tertiary/aromatic N) is 2. The Morgan fingerprint density at radius 1 is 1.33 bits per heavy atom. The summed E-state index contributed by atoms with van der Waals surface area (Å²) in [6, 6.07) is -0.590. The number of hydrogen-bond acceptors (Lipinski definition) is 2. The number of carboxylic acid groups (broad SMARTS) is 1. The molecular weight excluding hydrogens is 232 g/mol. The second-order valence-electron chi connectivity index (χ2n) is 5.66. The zero-order chi connectivity index (χ0) is 13.3. The summed E-state index contributed by atoms with van der Waals surface area (Å²) in [6.07, 6.45) is 3.76. The SMILES string of the molecule is CC(C)N(CC1CC1)C(=O)N1CCCC1C(=O)O. The molecule has 18 heavy (non-hydrogen) atoms. The highest BCUT2D eigenvalue weighted by Gasteiger charge is 2.38. The number of rotatable bonds is 4. The molecule has 0 aromatic heterocycles. The monoisotopic (exact) mass is 254 g/mol. The minimum absolute atomic E-state index is 0.0956. The molecule has 0 radical (unpaired) electrons. The molecule has 0 aromatic rings. The van der Waals surface area contributed by atoms with Crippen LogP contribution in [-0.4, -0.2) is 52.1 Å². The lowest BCUT2D eigenvalue weighted by Crippen LogP contribution is -2.50. The Morgan fingerprint density at radius 3 is 2.50 bits per heavy atom. The summed E-state index contributed by atoms with van der Waals surface area (Å²) in [7, 11) is 0. The van der Waals surface area contributed by atoms with E-state index in [4.69, 9.17) is 5.11 Å². The summed E-state index contributed by atoms with van der Waals surface area (Å²) in [5.74, 6) is -0.252. The molecule has 1 atom stereocenters. The van der Waals surface area contributed by atoms with Gasteiger partial charge in [-0.2, -0.15) is 0 Å². The van der Waals surface area contributed by atoms with Crippen molar-refractivity contribution in [2.75, 3.05) is 13.1 Å². The molecule has 2 amide bonds. The van der Waals surface area contributed by atoms with Crippen molar-refractivity contribution < 1.29 is 14.7 Å². The second kappa shape index (κ2) is 5.16. The van der Waals surface area contributed by atoms with Crippen molar-refractivity contribution in [1.82, 2.24) is 9.80 Å². The molecule has 5 nitrogen and oxygen atoms in total. The van der Waals surface area contributed by atoms with Gasteiger partial charge < -0.3 is 14.9 Å². The van der Waals surface area contributed by atoms with E-state index in [0.717, 1.165) is 13.0 Å². The standard InChI is InChI=1S/C13H22N2O3/c1-9(2)15(8-10-5-6-10)13(18)14-7-3-4-11(14)12(16)17/h9-11H,3-8H2,1-2H3,(H,16,17). The van der Waals surface area contributed by atoms with E-state index in [1.807, 2.05) is 18.7 Å². The second-order valence-corrected chi connectivity index (χ2v) is 5.66. The summed E-state index contributed by atoms with van der Waals surface area (Å²) in [4.78, 5) is 26.9. The lowest BCUT2D eigenvalue weighted by Gasteiger charge is -2.33. The fourth-order valence-corrected chi connectivity index (χ4v) is 2.51. The van der Waals surface area contributed by atoms with Crippen molar-refractivity contribution in [3.8, 4) is 0 Å². The van der Waals surface area contributed by atoms with Gasteiger partial charge in [-0.1, -0.05) is 0 Å². The Morgan fingerprint density at radius 2 is 2.00 bits per heavy atom. The van der Waals surface area contributed by atoms with Crippen LogP contribution in [0.2, 0.25) is 0 Å². The summed E-state index contributed by atoms with van der Waals surface area (Å²) in [5.41, 5.74) is 0. The van der Waals surface area contributed by atoms with Crippen LogP contribution in [0.4, 0.5) is 4.79 Å². The molecule has 5 heteroatoms. The van der Waals surface area contributed by atoms with E-state index in [9.17, 15) is 9.59 Å². The third kappa shape index (κ3) is 2.76. The Hall–Kier alpha value is -1.26. The fraction of sp³-hybridized carbons (Fsp3) is 0.846. The van der Waals surface area contributed by atoms with Crippen molar-refractivity contribution in [3.05, 3.63) is 0 Å². The Bertz CT molecular complexity index is 339. The molecule has 1 aliphatic heterocycles. The summed E-state index contributed by atoms with van der Waals surface area (Å²) < 4.78 is 0. The minimum atomic E-state index is -0.879. The van der Waals surface area contributed by atoms with Gasteiger partial charge in [0.25, 0.3) is 0 Å². The number of urea groups is 1. The van der Waals surface area contributed by atoms with Crippen LogP contribution in [-0.2, 0) is 4.79 Å². The van der Waals surface area contributed by atoms with Gasteiger partial charge in [0.1, 0.15) is 6.04 Å². The minimum Gasteiger partial charge on any atom is -0.480 e. The summed E-state index contributed by atoms with van der Waals surface area (Å²) in [5, 5.41) is 9.13. The topological polar surface area (TPSA) is 60.9 Å². The number of amides is 2. The molecule has 2 aliphatic rings. The first-order chi connectivity index (χ1) is 8.50. The molecule has 1 saturated heterocycles. The number of aliphatic carboxylic acids is 1. The predicted molar refractivity (Wildman–Crippen MR) is 67.3 cm³/mol. The Labute approximate surface area is 108 Å². The highest BCUT2D eigenvalue weighted by molar-refractivity contribution is 5.83. The van der Waals surface area contributed by atoms with E-state index in [2.05, 4.69) is 0 Å². The Kier molecular flexibility index (Phi) is 3.78. The predicted octanol–water partition coefficient (Wildman–Crippen LogP) is 1.78. The van der Waals surface area contributed by atoms with E-state index in [-0.39, 0.29) is 12.1 Å². The van der Waals surface area contributed by atoms with Crippen LogP contribution in [0.3, 0.4) is 0 Å². The molecule has 0 spiro atoms. The summed E-state index contributed by atoms with van der Waals surface area (Å²) >= 11 is 0. The Balaban J connectivity index is 2.04. The molecule has 0 bridgehead atoms. The van der Waals surface area contributed by atoms with Crippen LogP contribution < -0.4 is 0 Å². The molecular formula is C13H22N2O3. The van der Waals surface area contributed by atoms with Gasteiger partial charge in [-0.25, -0.2) is 9.59 Å². The molecule has 1 unspecified atom stereocenters. The van der Waals surface area contributed by atoms with Crippen LogP contribution in [0.15, 0.2) is 0 Å². The van der Waals surface area contributed by atoms with Gasteiger partial charge in [-0.15, -0.1) is 0 Å². The third-order valence-corrected chi connectivity index (χ3v) is 3.80. The number of carbonyl (C=O) groups excluding carboxylic acids is 1. The number of carbonyl (C=O) groups is 2. The first-order valence-corrected chi connectivity index (χ1v) is 6.80. The van der Waals surface area contributed by atoms with Crippen molar-refractivity contribution in [3.63, 3.8) is 0 Å². The van der Waals surface area contributed by atoms with Crippen molar-refractivity contribution in [1.29, 1.82) is 0 Å².